The van der Waals surface area contributed by atoms with E-state index < -0.39 is 17.8 Å². The van der Waals surface area contributed by atoms with Crippen molar-refractivity contribution in [1.29, 1.82) is 0 Å². The van der Waals surface area contributed by atoms with E-state index >= 15 is 0 Å². The van der Waals surface area contributed by atoms with Crippen molar-refractivity contribution in [2.24, 2.45) is 12.9 Å². The van der Waals surface area contributed by atoms with E-state index in [0.717, 1.165) is 18.5 Å². The van der Waals surface area contributed by atoms with Crippen LogP contribution in [0.25, 0.3) is 0 Å². The summed E-state index contributed by atoms with van der Waals surface area (Å²) in [5, 5.41) is 0. The molecule has 0 aliphatic carbocycles. The molecule has 102 valence electrons. The zero-order chi connectivity index (χ0) is 14.0. The van der Waals surface area contributed by atoms with Crippen LogP contribution in [0.3, 0.4) is 0 Å². The Kier molecular flexibility index (Phi) is 3.54. The molecule has 2 heterocycles. The molecule has 2 rings (SSSR count). The van der Waals surface area contributed by atoms with Gasteiger partial charge in [0.25, 0.3) is 0 Å². The number of hydrogen-bond donors (Lipinski definition) is 2. The van der Waals surface area contributed by atoms with Gasteiger partial charge in [0.1, 0.15) is 0 Å². The highest BCUT2D eigenvalue weighted by Gasteiger charge is 2.35. The van der Waals surface area contributed by atoms with E-state index in [0.29, 0.717) is 5.69 Å². The third-order valence-corrected chi connectivity index (χ3v) is 2.66. The number of rotatable bonds is 3. The van der Waals surface area contributed by atoms with Crippen molar-refractivity contribution in [3.05, 3.63) is 47.8 Å². The molecule has 0 bridgehead atoms. The fraction of sp³-hybridized carbons (Fsp3) is 0.273. The molecule has 1 atom stereocenters. The summed E-state index contributed by atoms with van der Waals surface area (Å²) in [5.41, 5.74) is 1.90. The summed E-state index contributed by atoms with van der Waals surface area (Å²) in [6, 6.07) is 0.0503. The van der Waals surface area contributed by atoms with Crippen LogP contribution < -0.4 is 11.3 Å². The molecule has 0 saturated heterocycles. The fourth-order valence-electron chi connectivity index (χ4n) is 1.81. The first kappa shape index (κ1) is 13.5. The molecular formula is C11H12F3N5. The summed E-state index contributed by atoms with van der Waals surface area (Å²) in [5.74, 6) is 5.36. The smallest absolute Gasteiger partial charge is 0.340 e. The SMILES string of the molecule is Cn1cnc(C(NN)c2cnccc2C(F)(F)F)c1. The second kappa shape index (κ2) is 4.98. The number of aromatic nitrogens is 3. The molecule has 0 fully saturated rings. The van der Waals surface area contributed by atoms with Gasteiger partial charge >= 0.3 is 6.18 Å². The van der Waals surface area contributed by atoms with Crippen LogP contribution in [0, 0.1) is 0 Å². The molecule has 5 nitrogen and oxygen atoms in total. The average Bonchev–Trinajstić information content (AvgIpc) is 2.76. The lowest BCUT2D eigenvalue weighted by molar-refractivity contribution is -0.138. The van der Waals surface area contributed by atoms with E-state index in [2.05, 4.69) is 15.4 Å². The van der Waals surface area contributed by atoms with Crippen molar-refractivity contribution in [3.8, 4) is 0 Å². The van der Waals surface area contributed by atoms with E-state index in [1.807, 2.05) is 0 Å². The molecule has 0 spiro atoms. The minimum Gasteiger partial charge on any atom is -0.340 e. The normalized spacial score (nSPS) is 13.5. The Bertz CT molecular complexity index is 563. The van der Waals surface area contributed by atoms with E-state index in [-0.39, 0.29) is 5.56 Å². The Morgan fingerprint density at radius 3 is 2.68 bits per heavy atom. The highest BCUT2D eigenvalue weighted by molar-refractivity contribution is 5.34. The van der Waals surface area contributed by atoms with Crippen molar-refractivity contribution in [3.63, 3.8) is 0 Å². The minimum atomic E-state index is -4.47. The van der Waals surface area contributed by atoms with E-state index in [1.165, 1.54) is 6.33 Å². The largest absolute Gasteiger partial charge is 0.416 e. The molecule has 0 aliphatic rings. The summed E-state index contributed by atoms with van der Waals surface area (Å²) in [6.45, 7) is 0. The second-order valence-electron chi connectivity index (χ2n) is 4.02. The average molecular weight is 271 g/mol. The maximum Gasteiger partial charge on any atom is 0.416 e. The number of halogens is 3. The zero-order valence-corrected chi connectivity index (χ0v) is 10.0. The predicted molar refractivity (Wildman–Crippen MR) is 61.6 cm³/mol. The van der Waals surface area contributed by atoms with E-state index in [1.54, 1.807) is 17.8 Å². The van der Waals surface area contributed by atoms with Gasteiger partial charge in [-0.25, -0.2) is 10.4 Å². The van der Waals surface area contributed by atoms with Gasteiger partial charge in [-0.3, -0.25) is 10.8 Å². The first-order valence-electron chi connectivity index (χ1n) is 5.38. The number of nitrogens with two attached hydrogens (primary N) is 1. The summed E-state index contributed by atoms with van der Waals surface area (Å²) in [6.07, 6.45) is 0.851. The minimum absolute atomic E-state index is 0.0591. The van der Waals surface area contributed by atoms with Gasteiger partial charge < -0.3 is 4.57 Å². The Morgan fingerprint density at radius 2 is 2.16 bits per heavy atom. The van der Waals surface area contributed by atoms with E-state index in [9.17, 15) is 13.2 Å². The topological polar surface area (TPSA) is 68.8 Å². The fourth-order valence-corrected chi connectivity index (χ4v) is 1.81. The van der Waals surface area contributed by atoms with Crippen LogP contribution in [0.1, 0.15) is 22.9 Å². The quantitative estimate of drug-likeness (QED) is 0.654. The lowest BCUT2D eigenvalue weighted by atomic mass is 10.0. The van der Waals surface area contributed by atoms with Crippen molar-refractivity contribution < 1.29 is 13.2 Å². The third-order valence-electron chi connectivity index (χ3n) is 2.66. The number of imidazole rings is 1. The molecule has 0 radical (unpaired) electrons. The lowest BCUT2D eigenvalue weighted by Gasteiger charge is -2.18. The summed E-state index contributed by atoms with van der Waals surface area (Å²) in [7, 11) is 1.72. The number of hydrogen-bond acceptors (Lipinski definition) is 4. The van der Waals surface area contributed by atoms with Gasteiger partial charge in [-0.05, 0) is 6.07 Å². The van der Waals surface area contributed by atoms with Gasteiger partial charge in [0.2, 0.25) is 0 Å². The van der Waals surface area contributed by atoms with Gasteiger partial charge in [0, 0.05) is 31.2 Å². The standard InChI is InChI=1S/C11H12F3N5/c1-19-5-9(17-6-19)10(18-15)7-4-16-3-2-8(7)11(12,13)14/h2-6,10,18H,15H2,1H3. The zero-order valence-electron chi connectivity index (χ0n) is 10.0. The maximum absolute atomic E-state index is 12.9. The Hall–Kier alpha value is -1.93. The van der Waals surface area contributed by atoms with Gasteiger partial charge in [-0.2, -0.15) is 13.2 Å². The summed E-state index contributed by atoms with van der Waals surface area (Å²) < 4.78 is 40.5. The molecule has 0 saturated carbocycles. The van der Waals surface area contributed by atoms with Crippen molar-refractivity contribution in [2.45, 2.75) is 12.2 Å². The molecule has 2 aromatic heterocycles. The Labute approximate surface area is 107 Å². The molecule has 2 aromatic rings. The maximum atomic E-state index is 12.9. The molecule has 3 N–H and O–H groups in total. The highest BCUT2D eigenvalue weighted by atomic mass is 19.4. The Morgan fingerprint density at radius 1 is 1.42 bits per heavy atom. The highest BCUT2D eigenvalue weighted by Crippen LogP contribution is 2.35. The number of alkyl halides is 3. The molecule has 19 heavy (non-hydrogen) atoms. The van der Waals surface area contributed by atoms with Crippen molar-refractivity contribution >= 4 is 0 Å². The molecule has 1 unspecified atom stereocenters. The summed E-state index contributed by atoms with van der Waals surface area (Å²) >= 11 is 0. The first-order valence-corrected chi connectivity index (χ1v) is 5.38. The molecular weight excluding hydrogens is 259 g/mol. The van der Waals surface area contributed by atoms with Crippen LogP contribution in [0.15, 0.2) is 31.0 Å². The molecule has 0 aromatic carbocycles. The van der Waals surface area contributed by atoms with Gasteiger partial charge in [-0.15, -0.1) is 0 Å². The molecule has 0 amide bonds. The number of hydrazine groups is 1. The Balaban J connectivity index is 2.50. The monoisotopic (exact) mass is 271 g/mol. The molecule has 0 aliphatic heterocycles. The van der Waals surface area contributed by atoms with Gasteiger partial charge in [0.15, 0.2) is 0 Å². The van der Waals surface area contributed by atoms with Crippen LogP contribution in [-0.2, 0) is 13.2 Å². The first-order chi connectivity index (χ1) is 8.93. The predicted octanol–water partition coefficient (Wildman–Crippen LogP) is 1.39. The lowest BCUT2D eigenvalue weighted by Crippen LogP contribution is -2.31. The van der Waals surface area contributed by atoms with Gasteiger partial charge in [-0.1, -0.05) is 0 Å². The van der Waals surface area contributed by atoms with Crippen LogP contribution >= 0.6 is 0 Å². The number of nitrogens with zero attached hydrogens (tertiary/aromatic N) is 3. The molecule has 8 heteroatoms. The summed E-state index contributed by atoms with van der Waals surface area (Å²) in [4.78, 5) is 7.74. The number of nitrogens with one attached hydrogen (secondary N) is 1. The number of aryl methyl sites for hydroxylation is 1. The van der Waals surface area contributed by atoms with Crippen molar-refractivity contribution in [2.75, 3.05) is 0 Å². The van der Waals surface area contributed by atoms with Crippen LogP contribution in [0.2, 0.25) is 0 Å². The van der Waals surface area contributed by atoms with Crippen molar-refractivity contribution in [1.82, 2.24) is 20.0 Å². The van der Waals surface area contributed by atoms with Crippen LogP contribution in [0.5, 0.6) is 0 Å². The van der Waals surface area contributed by atoms with Crippen LogP contribution in [0.4, 0.5) is 13.2 Å². The van der Waals surface area contributed by atoms with Crippen LogP contribution in [-0.4, -0.2) is 14.5 Å². The third kappa shape index (κ3) is 2.74. The van der Waals surface area contributed by atoms with E-state index in [4.69, 9.17) is 5.84 Å². The van der Waals surface area contributed by atoms with Gasteiger partial charge in [0.05, 0.1) is 23.6 Å². The second-order valence-corrected chi connectivity index (χ2v) is 4.02. The number of pyridine rings is 1.